The van der Waals surface area contributed by atoms with Gasteiger partial charge in [0.15, 0.2) is 5.17 Å². The Kier molecular flexibility index (Phi) is 6.20. The Bertz CT molecular complexity index is 1210. The highest BCUT2D eigenvalue weighted by molar-refractivity contribution is 8.18. The maximum absolute atomic E-state index is 12.3. The van der Waals surface area contributed by atoms with Crippen LogP contribution < -0.4 is 5.32 Å². The van der Waals surface area contributed by atoms with Crippen LogP contribution in [0.1, 0.15) is 11.1 Å². The van der Waals surface area contributed by atoms with Gasteiger partial charge in [0, 0.05) is 11.0 Å². The maximum atomic E-state index is 12.3. The van der Waals surface area contributed by atoms with Crippen molar-refractivity contribution in [2.24, 2.45) is 4.99 Å². The van der Waals surface area contributed by atoms with Crippen molar-refractivity contribution in [1.82, 2.24) is 5.32 Å². The van der Waals surface area contributed by atoms with E-state index in [0.717, 1.165) is 16.1 Å². The lowest BCUT2D eigenvalue weighted by Gasteiger charge is -2.05. The molecule has 0 radical (unpaired) electrons. The molecule has 1 heterocycles. The first-order chi connectivity index (χ1) is 15.0. The average Bonchev–Trinajstić information content (AvgIpc) is 3.10. The predicted molar refractivity (Wildman–Crippen MR) is 126 cm³/mol. The first kappa shape index (κ1) is 20.9. The number of carbonyl (C=O) groups excluding carboxylic acids is 1. The number of aryl methyl sites for hydroxylation is 1. The van der Waals surface area contributed by atoms with Gasteiger partial charge in [-0.05, 0) is 60.7 Å². The molecule has 154 valence electrons. The maximum Gasteiger partial charge on any atom is 0.283 e. The number of nitrogens with one attached hydrogen (secondary N) is 1. The van der Waals surface area contributed by atoms with Gasteiger partial charge in [-0.15, -0.1) is 0 Å². The summed E-state index contributed by atoms with van der Waals surface area (Å²) in [6.07, 6.45) is 1.64. The van der Waals surface area contributed by atoms with E-state index in [4.69, 9.17) is 0 Å². The number of nitro groups is 1. The summed E-state index contributed by atoms with van der Waals surface area (Å²) in [5.41, 5.74) is 2.45. The second-order valence-corrected chi connectivity index (χ2v) is 8.86. The van der Waals surface area contributed by atoms with Crippen LogP contribution in [0.3, 0.4) is 0 Å². The van der Waals surface area contributed by atoms with Crippen LogP contribution in [0.4, 0.5) is 11.4 Å². The lowest BCUT2D eigenvalue weighted by molar-refractivity contribution is -0.387. The molecule has 31 heavy (non-hydrogen) atoms. The first-order valence-corrected chi connectivity index (χ1v) is 11.0. The molecule has 1 N–H and O–H groups in total. The molecule has 1 amide bonds. The smallest absolute Gasteiger partial charge is 0.283 e. The fourth-order valence-corrected chi connectivity index (χ4v) is 4.58. The Hall–Kier alpha value is -3.36. The van der Waals surface area contributed by atoms with Crippen molar-refractivity contribution in [2.75, 3.05) is 0 Å². The Morgan fingerprint density at radius 3 is 2.52 bits per heavy atom. The van der Waals surface area contributed by atoms with Crippen LogP contribution in [0.15, 0.2) is 92.5 Å². The molecule has 1 aliphatic heterocycles. The third kappa shape index (κ3) is 5.22. The van der Waals surface area contributed by atoms with Crippen molar-refractivity contribution < 1.29 is 9.72 Å². The first-order valence-electron chi connectivity index (χ1n) is 9.35. The number of thioether (sulfide) groups is 1. The van der Waals surface area contributed by atoms with Crippen LogP contribution in [0.5, 0.6) is 0 Å². The van der Waals surface area contributed by atoms with Gasteiger partial charge < -0.3 is 5.32 Å². The van der Waals surface area contributed by atoms with Crippen molar-refractivity contribution in [3.63, 3.8) is 0 Å². The number of benzene rings is 3. The van der Waals surface area contributed by atoms with E-state index >= 15 is 0 Å². The fraction of sp³-hybridized carbons (Fsp3) is 0.0435. The molecule has 0 atom stereocenters. The number of rotatable bonds is 5. The molecule has 3 aromatic rings. The average molecular weight is 448 g/mol. The highest BCUT2D eigenvalue weighted by Gasteiger charge is 2.24. The summed E-state index contributed by atoms with van der Waals surface area (Å²) in [4.78, 5) is 29.9. The number of nitrogens with zero attached hydrogens (tertiary/aromatic N) is 2. The van der Waals surface area contributed by atoms with E-state index < -0.39 is 4.92 Å². The number of hydrogen-bond acceptors (Lipinski definition) is 6. The van der Waals surface area contributed by atoms with E-state index in [9.17, 15) is 14.9 Å². The molecule has 0 saturated carbocycles. The summed E-state index contributed by atoms with van der Waals surface area (Å²) in [6.45, 7) is 1.99. The number of carbonyl (C=O) groups is 1. The third-order valence-electron chi connectivity index (χ3n) is 4.36. The minimum absolute atomic E-state index is 0.00139. The van der Waals surface area contributed by atoms with Gasteiger partial charge in [0.1, 0.15) is 0 Å². The van der Waals surface area contributed by atoms with Crippen LogP contribution >= 0.6 is 23.5 Å². The molecular weight excluding hydrogens is 430 g/mol. The molecule has 0 unspecified atom stereocenters. The predicted octanol–water partition coefficient (Wildman–Crippen LogP) is 5.95. The fourth-order valence-electron chi connectivity index (χ4n) is 2.84. The third-order valence-corrected chi connectivity index (χ3v) is 6.35. The lowest BCUT2D eigenvalue weighted by atomic mass is 10.2. The Morgan fingerprint density at radius 2 is 1.81 bits per heavy atom. The van der Waals surface area contributed by atoms with Gasteiger partial charge in [0.25, 0.3) is 11.6 Å². The van der Waals surface area contributed by atoms with E-state index in [1.54, 1.807) is 18.2 Å². The van der Waals surface area contributed by atoms with Crippen molar-refractivity contribution in [2.45, 2.75) is 16.7 Å². The molecule has 1 saturated heterocycles. The number of amides is 1. The Labute approximate surface area is 187 Å². The summed E-state index contributed by atoms with van der Waals surface area (Å²) in [5.74, 6) is -0.277. The van der Waals surface area contributed by atoms with Gasteiger partial charge in [0.05, 0.1) is 20.4 Å². The highest BCUT2D eigenvalue weighted by Crippen LogP contribution is 2.36. The van der Waals surface area contributed by atoms with Gasteiger partial charge in [-0.25, -0.2) is 4.99 Å². The second-order valence-electron chi connectivity index (χ2n) is 6.72. The molecule has 6 nitrogen and oxygen atoms in total. The van der Waals surface area contributed by atoms with Crippen LogP contribution in [-0.2, 0) is 4.79 Å². The zero-order chi connectivity index (χ0) is 21.8. The van der Waals surface area contributed by atoms with E-state index in [-0.39, 0.29) is 11.6 Å². The summed E-state index contributed by atoms with van der Waals surface area (Å²) in [7, 11) is 0. The molecule has 0 aromatic heterocycles. The quantitative estimate of drug-likeness (QED) is 0.297. The van der Waals surface area contributed by atoms with E-state index in [1.807, 2.05) is 61.5 Å². The molecule has 8 heteroatoms. The summed E-state index contributed by atoms with van der Waals surface area (Å²) < 4.78 is 0. The van der Waals surface area contributed by atoms with Crippen molar-refractivity contribution in [3.8, 4) is 0 Å². The number of aliphatic imine (C=N–C) groups is 1. The van der Waals surface area contributed by atoms with Crippen molar-refractivity contribution in [3.05, 3.63) is 98.9 Å². The summed E-state index contributed by atoms with van der Waals surface area (Å²) >= 11 is 2.55. The molecule has 3 aromatic carbocycles. The van der Waals surface area contributed by atoms with Crippen molar-refractivity contribution in [1.29, 1.82) is 0 Å². The second kappa shape index (κ2) is 9.20. The van der Waals surface area contributed by atoms with Crippen LogP contribution in [0, 0.1) is 17.0 Å². The molecule has 1 aliphatic rings. The number of nitro benzene ring substituents is 1. The largest absolute Gasteiger partial charge is 0.300 e. The monoisotopic (exact) mass is 447 g/mol. The lowest BCUT2D eigenvalue weighted by Crippen LogP contribution is -2.19. The highest BCUT2D eigenvalue weighted by atomic mass is 32.2. The van der Waals surface area contributed by atoms with Crippen molar-refractivity contribution >= 4 is 52.0 Å². The number of hydrogen-bond donors (Lipinski definition) is 1. The normalized spacial score (nSPS) is 16.0. The number of para-hydroxylation sites is 1. The molecule has 1 fully saturated rings. The SMILES string of the molecule is Cc1ccc(Sc2ccc(C=C3SC(=Nc4ccccc4)NC3=O)cc2[N+](=O)[O-])cc1. The zero-order valence-electron chi connectivity index (χ0n) is 16.4. The van der Waals surface area contributed by atoms with Gasteiger partial charge >= 0.3 is 0 Å². The standard InChI is InChI=1S/C23H17N3O3S2/c1-15-7-10-18(11-8-15)30-20-12-9-16(13-19(20)26(28)29)14-21-22(27)25-23(31-21)24-17-5-3-2-4-6-17/h2-14H,1H3,(H,24,25,27). The molecule has 0 aliphatic carbocycles. The number of amidine groups is 1. The van der Waals surface area contributed by atoms with E-state index in [2.05, 4.69) is 10.3 Å². The van der Waals surface area contributed by atoms with Gasteiger partial charge in [-0.3, -0.25) is 14.9 Å². The molecule has 0 bridgehead atoms. The van der Waals surface area contributed by atoms with Gasteiger partial charge in [-0.2, -0.15) is 0 Å². The van der Waals surface area contributed by atoms with Crippen LogP contribution in [0.2, 0.25) is 0 Å². The minimum Gasteiger partial charge on any atom is -0.300 e. The van der Waals surface area contributed by atoms with Gasteiger partial charge in [0.2, 0.25) is 0 Å². The molecule has 0 spiro atoms. The molecular formula is C23H17N3O3S2. The summed E-state index contributed by atoms with van der Waals surface area (Å²) in [6, 6.07) is 22.1. The molecule has 4 rings (SSSR count). The topological polar surface area (TPSA) is 84.6 Å². The minimum atomic E-state index is -0.400. The van der Waals surface area contributed by atoms with Crippen LogP contribution in [0.25, 0.3) is 6.08 Å². The summed E-state index contributed by atoms with van der Waals surface area (Å²) in [5, 5.41) is 14.8. The zero-order valence-corrected chi connectivity index (χ0v) is 18.1. The Morgan fingerprint density at radius 1 is 1.06 bits per heavy atom. The van der Waals surface area contributed by atoms with E-state index in [0.29, 0.717) is 20.5 Å². The van der Waals surface area contributed by atoms with E-state index in [1.165, 1.54) is 29.6 Å². The Balaban J connectivity index is 1.58. The van der Waals surface area contributed by atoms with Crippen LogP contribution in [-0.4, -0.2) is 16.0 Å². The van der Waals surface area contributed by atoms with Gasteiger partial charge in [-0.1, -0.05) is 53.7 Å².